The summed E-state index contributed by atoms with van der Waals surface area (Å²) in [5, 5.41) is 0. The third-order valence-electron chi connectivity index (χ3n) is 3.61. The van der Waals surface area contributed by atoms with Crippen molar-refractivity contribution < 1.29 is 60.9 Å². The van der Waals surface area contributed by atoms with Crippen LogP contribution in [0.25, 0.3) is 0 Å². The Balaban J connectivity index is 0.00000225. The Labute approximate surface area is 163 Å². The molecule has 6 nitrogen and oxygen atoms in total. The van der Waals surface area contributed by atoms with Crippen LogP contribution in [0.3, 0.4) is 0 Å². The van der Waals surface area contributed by atoms with E-state index in [4.69, 9.17) is 0 Å². The van der Waals surface area contributed by atoms with E-state index in [0.717, 1.165) is 41.3 Å². The first-order valence-corrected chi connectivity index (χ1v) is 8.00. The van der Waals surface area contributed by atoms with Gasteiger partial charge in [-0.05, 0) is 30.3 Å². The van der Waals surface area contributed by atoms with E-state index in [1.165, 1.54) is 0 Å². The number of rotatable bonds is 3. The standard InChI is InChI=1S/C15H9F2NO5S.Na/c16-11-2-1-3-12(17)10(11)7-18-13-5-4-8(24(21,22)23)6-9(13)14(19)15(18)20;/h1-6H,7H2,(H,21,22,23);/q;+1/p-1. The molecule has 1 aliphatic heterocycles. The molecule has 0 saturated carbocycles. The molecule has 0 atom stereocenters. The predicted octanol–water partition coefficient (Wildman–Crippen LogP) is -1.40. The quantitative estimate of drug-likeness (QED) is 0.374. The molecule has 0 saturated heterocycles. The number of carbonyl (C=O) groups is 2. The first-order valence-electron chi connectivity index (χ1n) is 6.59. The summed E-state index contributed by atoms with van der Waals surface area (Å²) in [5.41, 5.74) is -0.722. The van der Waals surface area contributed by atoms with E-state index in [1.54, 1.807) is 0 Å². The number of fused-ring (bicyclic) bond motifs is 1. The SMILES string of the molecule is O=C1C(=O)N(Cc2c(F)cccc2F)c2ccc(S(=O)(=O)[O-])cc21.[Na+]. The number of ketones is 1. The summed E-state index contributed by atoms with van der Waals surface area (Å²) in [5.74, 6) is -3.88. The number of Topliss-reactive ketones (excluding diaryl/α,β-unsaturated/α-hetero) is 1. The zero-order chi connectivity index (χ0) is 17.6. The molecule has 2 aromatic carbocycles. The fourth-order valence-corrected chi connectivity index (χ4v) is 2.93. The van der Waals surface area contributed by atoms with Gasteiger partial charge < -0.3 is 9.45 Å². The van der Waals surface area contributed by atoms with Crippen LogP contribution in [-0.2, 0) is 21.5 Å². The molecule has 1 heterocycles. The topological polar surface area (TPSA) is 94.6 Å². The molecule has 10 heteroatoms. The van der Waals surface area contributed by atoms with Crippen molar-refractivity contribution in [2.75, 3.05) is 4.90 Å². The van der Waals surface area contributed by atoms with Crippen molar-refractivity contribution in [3.05, 3.63) is 59.2 Å². The summed E-state index contributed by atoms with van der Waals surface area (Å²) in [6.07, 6.45) is 0. The van der Waals surface area contributed by atoms with Crippen molar-refractivity contribution in [1.29, 1.82) is 0 Å². The molecule has 0 aliphatic carbocycles. The summed E-state index contributed by atoms with van der Waals surface area (Å²) in [4.78, 5) is 24.2. The minimum absolute atomic E-state index is 0. The van der Waals surface area contributed by atoms with E-state index in [0.29, 0.717) is 0 Å². The van der Waals surface area contributed by atoms with Gasteiger partial charge in [0.15, 0.2) is 0 Å². The van der Waals surface area contributed by atoms with Crippen LogP contribution < -0.4 is 34.5 Å². The van der Waals surface area contributed by atoms with Gasteiger partial charge in [0.1, 0.15) is 21.8 Å². The number of amides is 1. The van der Waals surface area contributed by atoms with E-state index < -0.39 is 50.4 Å². The maximum atomic E-state index is 13.7. The predicted molar refractivity (Wildman–Crippen MR) is 76.3 cm³/mol. The van der Waals surface area contributed by atoms with Crippen LogP contribution in [0, 0.1) is 11.6 Å². The minimum Gasteiger partial charge on any atom is -0.744 e. The first-order chi connectivity index (χ1) is 11.2. The minimum atomic E-state index is -4.81. The van der Waals surface area contributed by atoms with E-state index in [-0.39, 0.29) is 40.8 Å². The summed E-state index contributed by atoms with van der Waals surface area (Å²) in [6.45, 7) is -0.542. The zero-order valence-electron chi connectivity index (χ0n) is 12.8. The summed E-state index contributed by atoms with van der Waals surface area (Å²) < 4.78 is 60.5. The van der Waals surface area contributed by atoms with Gasteiger partial charge in [0.2, 0.25) is 0 Å². The Bertz CT molecular complexity index is 973. The molecule has 0 N–H and O–H groups in total. The second-order valence-electron chi connectivity index (χ2n) is 5.05. The molecular formula is C15H8F2NNaO5S. The average molecular weight is 375 g/mol. The number of hydrogen-bond acceptors (Lipinski definition) is 5. The van der Waals surface area contributed by atoms with Gasteiger partial charge in [-0.15, -0.1) is 0 Å². The summed E-state index contributed by atoms with van der Waals surface area (Å²) in [6, 6.07) is 5.98. The molecule has 3 rings (SSSR count). The van der Waals surface area contributed by atoms with Crippen LogP contribution in [0.1, 0.15) is 15.9 Å². The Morgan fingerprint density at radius 1 is 1.04 bits per heavy atom. The van der Waals surface area contributed by atoms with Gasteiger partial charge >= 0.3 is 29.6 Å². The number of benzene rings is 2. The fourth-order valence-electron chi connectivity index (χ4n) is 2.43. The number of anilines is 1. The summed E-state index contributed by atoms with van der Waals surface area (Å²) in [7, 11) is -4.81. The summed E-state index contributed by atoms with van der Waals surface area (Å²) >= 11 is 0. The van der Waals surface area contributed by atoms with E-state index >= 15 is 0 Å². The van der Waals surface area contributed by atoms with Crippen molar-refractivity contribution in [3.8, 4) is 0 Å². The van der Waals surface area contributed by atoms with Gasteiger partial charge in [0.05, 0.1) is 22.7 Å². The fraction of sp³-hybridized carbons (Fsp3) is 0.0667. The van der Waals surface area contributed by atoms with Crippen molar-refractivity contribution in [1.82, 2.24) is 0 Å². The second-order valence-corrected chi connectivity index (χ2v) is 6.43. The van der Waals surface area contributed by atoms with Gasteiger partial charge in [-0.1, -0.05) is 6.07 Å². The van der Waals surface area contributed by atoms with Gasteiger partial charge in [0.25, 0.3) is 11.7 Å². The molecule has 0 fully saturated rings. The molecule has 0 aromatic heterocycles. The molecule has 0 bridgehead atoms. The normalized spacial score (nSPS) is 13.6. The van der Waals surface area contributed by atoms with Crippen LogP contribution in [-0.4, -0.2) is 24.7 Å². The van der Waals surface area contributed by atoms with Crippen LogP contribution in [0.5, 0.6) is 0 Å². The number of carbonyl (C=O) groups excluding carboxylic acids is 2. The molecule has 124 valence electrons. The number of halogens is 2. The van der Waals surface area contributed by atoms with Gasteiger partial charge in [0, 0.05) is 5.56 Å². The third-order valence-corrected chi connectivity index (χ3v) is 4.44. The molecule has 25 heavy (non-hydrogen) atoms. The van der Waals surface area contributed by atoms with Crippen molar-refractivity contribution in [3.63, 3.8) is 0 Å². The maximum Gasteiger partial charge on any atom is 1.00 e. The first kappa shape index (κ1) is 19.7. The van der Waals surface area contributed by atoms with Crippen molar-refractivity contribution in [2.45, 2.75) is 11.4 Å². The Hall–Kier alpha value is -1.65. The molecule has 1 amide bonds. The van der Waals surface area contributed by atoms with Crippen molar-refractivity contribution >= 4 is 27.5 Å². The van der Waals surface area contributed by atoms with Crippen molar-refractivity contribution in [2.24, 2.45) is 0 Å². The number of hydrogen-bond donors (Lipinski definition) is 0. The van der Waals surface area contributed by atoms with E-state index in [2.05, 4.69) is 0 Å². The third kappa shape index (κ3) is 3.51. The Morgan fingerprint density at radius 2 is 1.64 bits per heavy atom. The van der Waals surface area contributed by atoms with Crippen LogP contribution in [0.15, 0.2) is 41.3 Å². The maximum absolute atomic E-state index is 13.7. The van der Waals surface area contributed by atoms with Crippen LogP contribution >= 0.6 is 0 Å². The Morgan fingerprint density at radius 3 is 2.20 bits per heavy atom. The average Bonchev–Trinajstić information content (AvgIpc) is 2.74. The largest absolute Gasteiger partial charge is 1.00 e. The van der Waals surface area contributed by atoms with Gasteiger partial charge in [-0.2, -0.15) is 0 Å². The molecule has 0 spiro atoms. The molecule has 0 radical (unpaired) electrons. The van der Waals surface area contributed by atoms with E-state index in [1.807, 2.05) is 0 Å². The smallest absolute Gasteiger partial charge is 0.744 e. The van der Waals surface area contributed by atoms with Crippen LogP contribution in [0.4, 0.5) is 14.5 Å². The van der Waals surface area contributed by atoms with Gasteiger partial charge in [-0.25, -0.2) is 17.2 Å². The molecular weight excluding hydrogens is 367 g/mol. The second kappa shape index (κ2) is 6.93. The monoisotopic (exact) mass is 375 g/mol. The number of nitrogens with zero attached hydrogens (tertiary/aromatic N) is 1. The van der Waals surface area contributed by atoms with Gasteiger partial charge in [-0.3, -0.25) is 9.59 Å². The van der Waals surface area contributed by atoms with E-state index in [9.17, 15) is 31.3 Å². The van der Waals surface area contributed by atoms with Crippen LogP contribution in [0.2, 0.25) is 0 Å². The molecule has 1 aliphatic rings. The zero-order valence-corrected chi connectivity index (χ0v) is 15.6. The molecule has 0 unspecified atom stereocenters. The molecule has 2 aromatic rings. The Kier molecular flexibility index (Phi) is 5.45.